The zero-order valence-electron chi connectivity index (χ0n) is 15.9. The Labute approximate surface area is 164 Å². The average molecular weight is 413 g/mol. The Balaban J connectivity index is 2.27. The lowest BCUT2D eigenvalue weighted by molar-refractivity contribution is -0.137. The molecule has 0 radical (unpaired) electrons. The highest BCUT2D eigenvalue weighted by atomic mass is 35.5. The molecule has 3 rings (SSSR count). The summed E-state index contributed by atoms with van der Waals surface area (Å²) in [6, 6.07) is 2.73. The van der Waals surface area contributed by atoms with Crippen LogP contribution >= 0.6 is 11.6 Å². The molecule has 3 aromatic rings. The van der Waals surface area contributed by atoms with Crippen molar-refractivity contribution in [3.63, 3.8) is 0 Å². The third-order valence-electron chi connectivity index (χ3n) is 5.01. The summed E-state index contributed by atoms with van der Waals surface area (Å²) in [5.74, 6) is 0.322. The molecule has 0 N–H and O–H groups in total. The number of nitrogens with zero attached hydrogens (tertiary/aromatic N) is 4. The lowest BCUT2D eigenvalue weighted by Gasteiger charge is -2.14. The summed E-state index contributed by atoms with van der Waals surface area (Å²) < 4.78 is 41.4. The molecule has 3 aromatic heterocycles. The third-order valence-corrected chi connectivity index (χ3v) is 5.30. The molecule has 3 heterocycles. The fourth-order valence-electron chi connectivity index (χ4n) is 3.42. The van der Waals surface area contributed by atoms with Gasteiger partial charge in [0.25, 0.3) is 5.56 Å². The molecule has 0 saturated heterocycles. The quantitative estimate of drug-likeness (QED) is 0.607. The number of pyridine rings is 1. The Bertz CT molecular complexity index is 1100. The highest BCUT2D eigenvalue weighted by Crippen LogP contribution is 2.34. The van der Waals surface area contributed by atoms with Crippen LogP contribution in [0.1, 0.15) is 49.4 Å². The van der Waals surface area contributed by atoms with Crippen molar-refractivity contribution in [2.24, 2.45) is 7.05 Å². The molecule has 0 aliphatic carbocycles. The van der Waals surface area contributed by atoms with E-state index in [1.807, 2.05) is 13.0 Å². The zero-order valence-corrected chi connectivity index (χ0v) is 16.7. The fourth-order valence-corrected chi connectivity index (χ4v) is 3.67. The molecule has 0 aliphatic heterocycles. The average Bonchev–Trinajstić information content (AvgIpc) is 2.95. The van der Waals surface area contributed by atoms with Gasteiger partial charge in [-0.1, -0.05) is 25.4 Å². The predicted octanol–water partition coefficient (Wildman–Crippen LogP) is 4.98. The Hall–Kier alpha value is -2.35. The lowest BCUT2D eigenvalue weighted by atomic mass is 9.95. The van der Waals surface area contributed by atoms with Crippen LogP contribution in [0.2, 0.25) is 5.02 Å². The zero-order chi connectivity index (χ0) is 20.8. The maximum atomic E-state index is 13.1. The SMILES string of the molecule is CCC(CC)c1cc(C)n2nc(-c3ncc(C(F)(F)F)cc3Cl)n(C)c(=O)c12. The van der Waals surface area contributed by atoms with Crippen LogP contribution < -0.4 is 5.56 Å². The molecule has 0 unspecified atom stereocenters. The van der Waals surface area contributed by atoms with Crippen molar-refractivity contribution < 1.29 is 13.2 Å². The Kier molecular flexibility index (Phi) is 5.27. The van der Waals surface area contributed by atoms with E-state index in [-0.39, 0.29) is 28.0 Å². The van der Waals surface area contributed by atoms with Crippen LogP contribution in [0.3, 0.4) is 0 Å². The van der Waals surface area contributed by atoms with Crippen molar-refractivity contribution in [1.29, 1.82) is 0 Å². The molecule has 0 atom stereocenters. The fraction of sp³-hybridized carbons (Fsp3) is 0.421. The Morgan fingerprint density at radius 2 is 1.86 bits per heavy atom. The molecule has 5 nitrogen and oxygen atoms in total. The Morgan fingerprint density at radius 1 is 1.21 bits per heavy atom. The van der Waals surface area contributed by atoms with E-state index >= 15 is 0 Å². The monoisotopic (exact) mass is 412 g/mol. The summed E-state index contributed by atoms with van der Waals surface area (Å²) >= 11 is 6.06. The molecular weight excluding hydrogens is 393 g/mol. The van der Waals surface area contributed by atoms with E-state index in [0.29, 0.717) is 11.7 Å². The van der Waals surface area contributed by atoms with Gasteiger partial charge in [0.2, 0.25) is 0 Å². The van der Waals surface area contributed by atoms with Gasteiger partial charge in [-0.2, -0.15) is 13.2 Å². The minimum Gasteiger partial charge on any atom is -0.291 e. The topological polar surface area (TPSA) is 52.2 Å². The van der Waals surface area contributed by atoms with E-state index in [1.54, 1.807) is 0 Å². The number of aryl methyl sites for hydroxylation is 1. The van der Waals surface area contributed by atoms with Crippen molar-refractivity contribution >= 4 is 17.1 Å². The second kappa shape index (κ2) is 7.24. The Morgan fingerprint density at radius 3 is 2.39 bits per heavy atom. The summed E-state index contributed by atoms with van der Waals surface area (Å²) in [4.78, 5) is 16.9. The van der Waals surface area contributed by atoms with Gasteiger partial charge in [-0.3, -0.25) is 14.3 Å². The van der Waals surface area contributed by atoms with Crippen molar-refractivity contribution in [2.45, 2.75) is 45.7 Å². The minimum absolute atomic E-state index is 0.0216. The minimum atomic E-state index is -4.56. The van der Waals surface area contributed by atoms with Crippen LogP contribution in [0.5, 0.6) is 0 Å². The molecule has 0 aliphatic rings. The molecule has 0 saturated carbocycles. The predicted molar refractivity (Wildman–Crippen MR) is 102 cm³/mol. The first-order chi connectivity index (χ1) is 13.1. The van der Waals surface area contributed by atoms with Crippen molar-refractivity contribution in [1.82, 2.24) is 19.2 Å². The molecule has 0 spiro atoms. The van der Waals surface area contributed by atoms with Crippen LogP contribution in [-0.4, -0.2) is 19.2 Å². The maximum absolute atomic E-state index is 13.1. The van der Waals surface area contributed by atoms with Gasteiger partial charge in [-0.25, -0.2) is 4.52 Å². The lowest BCUT2D eigenvalue weighted by Crippen LogP contribution is -2.24. The number of aromatic nitrogens is 4. The largest absolute Gasteiger partial charge is 0.417 e. The van der Waals surface area contributed by atoms with Crippen molar-refractivity contribution in [3.8, 4) is 11.5 Å². The number of fused-ring (bicyclic) bond motifs is 1. The molecule has 0 aromatic carbocycles. The normalized spacial score (nSPS) is 12.3. The van der Waals surface area contributed by atoms with Gasteiger partial charge < -0.3 is 0 Å². The molecule has 0 fully saturated rings. The summed E-state index contributed by atoms with van der Waals surface area (Å²) in [7, 11) is 1.51. The van der Waals surface area contributed by atoms with Gasteiger partial charge in [-0.15, -0.1) is 5.10 Å². The highest BCUT2D eigenvalue weighted by Gasteiger charge is 2.32. The number of hydrogen-bond donors (Lipinski definition) is 0. The van der Waals surface area contributed by atoms with E-state index in [4.69, 9.17) is 11.6 Å². The van der Waals surface area contributed by atoms with Crippen LogP contribution in [-0.2, 0) is 13.2 Å². The van der Waals surface area contributed by atoms with E-state index in [0.717, 1.165) is 30.2 Å². The number of halogens is 4. The molecule has 0 amide bonds. The summed E-state index contributed by atoms with van der Waals surface area (Å²) in [6.45, 7) is 5.95. The summed E-state index contributed by atoms with van der Waals surface area (Å²) in [5, 5.41) is 4.26. The first-order valence-corrected chi connectivity index (χ1v) is 9.30. The van der Waals surface area contributed by atoms with Gasteiger partial charge in [0.15, 0.2) is 5.82 Å². The van der Waals surface area contributed by atoms with E-state index < -0.39 is 11.7 Å². The first-order valence-electron chi connectivity index (χ1n) is 8.92. The van der Waals surface area contributed by atoms with Gasteiger partial charge in [0, 0.05) is 18.9 Å². The van der Waals surface area contributed by atoms with Crippen LogP contribution in [0.25, 0.3) is 17.0 Å². The van der Waals surface area contributed by atoms with Gasteiger partial charge >= 0.3 is 6.18 Å². The van der Waals surface area contributed by atoms with Gasteiger partial charge in [-0.05, 0) is 43.4 Å². The highest BCUT2D eigenvalue weighted by molar-refractivity contribution is 6.32. The second-order valence-corrected chi connectivity index (χ2v) is 7.16. The number of rotatable bonds is 4. The number of hydrogen-bond acceptors (Lipinski definition) is 3. The second-order valence-electron chi connectivity index (χ2n) is 6.75. The van der Waals surface area contributed by atoms with E-state index in [9.17, 15) is 18.0 Å². The summed E-state index contributed by atoms with van der Waals surface area (Å²) in [5.41, 5.74) is 0.930. The maximum Gasteiger partial charge on any atom is 0.417 e. The standard InChI is InChI=1S/C19H20ClF3N4O/c1-5-11(6-2)13-7-10(3)27-16(13)18(28)26(4)17(25-27)15-14(20)8-12(9-24-15)19(21,22)23/h7-9,11H,5-6H2,1-4H3. The third kappa shape index (κ3) is 3.30. The molecular formula is C19H20ClF3N4O. The number of alkyl halides is 3. The van der Waals surface area contributed by atoms with Gasteiger partial charge in [0.1, 0.15) is 11.2 Å². The van der Waals surface area contributed by atoms with Crippen molar-refractivity contribution in [2.75, 3.05) is 0 Å². The molecule has 0 bridgehead atoms. The van der Waals surface area contributed by atoms with Gasteiger partial charge in [0.05, 0.1) is 10.6 Å². The van der Waals surface area contributed by atoms with E-state index in [1.165, 1.54) is 16.1 Å². The smallest absolute Gasteiger partial charge is 0.291 e. The van der Waals surface area contributed by atoms with E-state index in [2.05, 4.69) is 23.9 Å². The van der Waals surface area contributed by atoms with Crippen LogP contribution in [0.15, 0.2) is 23.1 Å². The first kappa shape index (κ1) is 20.4. The van der Waals surface area contributed by atoms with Crippen LogP contribution in [0, 0.1) is 6.92 Å². The summed E-state index contributed by atoms with van der Waals surface area (Å²) in [6.07, 6.45) is -2.10. The van der Waals surface area contributed by atoms with Crippen molar-refractivity contribution in [3.05, 3.63) is 50.5 Å². The molecule has 150 valence electrons. The van der Waals surface area contributed by atoms with Crippen LogP contribution in [0.4, 0.5) is 13.2 Å². The molecule has 28 heavy (non-hydrogen) atoms. The molecule has 9 heteroatoms.